The summed E-state index contributed by atoms with van der Waals surface area (Å²) in [4.78, 5) is 21.9. The number of alkyl carbamates (subject to hydrolysis) is 1. The number of amides is 1. The van der Waals surface area contributed by atoms with E-state index in [-0.39, 0.29) is 5.78 Å². The number of methoxy groups -OCH3 is 1. The zero-order chi connectivity index (χ0) is 10.4. The Morgan fingerprint density at radius 2 is 1.92 bits per heavy atom. The summed E-state index contributed by atoms with van der Waals surface area (Å²) in [7, 11) is 1.28. The number of hydrogen-bond acceptors (Lipinski definition) is 3. The van der Waals surface area contributed by atoms with E-state index in [9.17, 15) is 9.59 Å². The smallest absolute Gasteiger partial charge is 0.407 e. The number of carbonyl (C=O) groups is 2. The number of rotatable bonds is 4. The predicted molar refractivity (Wildman–Crippen MR) is 49.5 cm³/mol. The zero-order valence-corrected chi connectivity index (χ0v) is 8.59. The lowest BCUT2D eigenvalue weighted by molar-refractivity contribution is -0.119. The van der Waals surface area contributed by atoms with Gasteiger partial charge in [-0.1, -0.05) is 13.8 Å². The van der Waals surface area contributed by atoms with Crippen molar-refractivity contribution >= 4 is 11.9 Å². The van der Waals surface area contributed by atoms with Gasteiger partial charge in [0.2, 0.25) is 0 Å². The maximum atomic E-state index is 11.1. The normalized spacial score (nSPS) is 12.4. The van der Waals surface area contributed by atoms with Crippen LogP contribution < -0.4 is 5.32 Å². The van der Waals surface area contributed by atoms with Gasteiger partial charge in [0.15, 0.2) is 5.78 Å². The van der Waals surface area contributed by atoms with Crippen LogP contribution in [-0.2, 0) is 9.53 Å². The average molecular weight is 187 g/mol. The summed E-state index contributed by atoms with van der Waals surface area (Å²) in [5, 5.41) is 2.49. The molecule has 0 aliphatic heterocycles. The molecule has 1 unspecified atom stereocenters. The Labute approximate surface area is 78.6 Å². The first kappa shape index (κ1) is 11.9. The molecule has 1 amide bonds. The lowest BCUT2D eigenvalue weighted by Crippen LogP contribution is -2.40. The second-order valence-electron chi connectivity index (χ2n) is 3.43. The molecule has 0 heterocycles. The monoisotopic (exact) mass is 187 g/mol. The third kappa shape index (κ3) is 5.22. The molecule has 13 heavy (non-hydrogen) atoms. The van der Waals surface area contributed by atoms with Crippen LogP contribution in [0.15, 0.2) is 0 Å². The van der Waals surface area contributed by atoms with Crippen molar-refractivity contribution in [1.82, 2.24) is 5.32 Å². The Balaban J connectivity index is 4.10. The van der Waals surface area contributed by atoms with Crippen LogP contribution >= 0.6 is 0 Å². The van der Waals surface area contributed by atoms with Crippen LogP contribution in [0.2, 0.25) is 0 Å². The maximum absolute atomic E-state index is 11.1. The fourth-order valence-corrected chi connectivity index (χ4v) is 0.999. The molecule has 0 aliphatic rings. The predicted octanol–water partition coefficient (Wildman–Crippen LogP) is 1.35. The van der Waals surface area contributed by atoms with E-state index in [1.54, 1.807) is 0 Å². The second kappa shape index (κ2) is 5.56. The van der Waals surface area contributed by atoms with Crippen molar-refractivity contribution in [2.45, 2.75) is 33.2 Å². The van der Waals surface area contributed by atoms with Crippen LogP contribution in [0.1, 0.15) is 27.2 Å². The highest BCUT2D eigenvalue weighted by Crippen LogP contribution is 2.05. The number of hydrogen-bond donors (Lipinski definition) is 1. The molecule has 1 N–H and O–H groups in total. The molecule has 4 heteroatoms. The molecule has 4 nitrogen and oxygen atoms in total. The molecule has 0 radical (unpaired) electrons. The minimum atomic E-state index is -0.555. The van der Waals surface area contributed by atoms with E-state index in [1.165, 1.54) is 14.0 Å². The van der Waals surface area contributed by atoms with Gasteiger partial charge in [0, 0.05) is 0 Å². The van der Waals surface area contributed by atoms with Gasteiger partial charge in [0.05, 0.1) is 13.2 Å². The molecule has 76 valence electrons. The highest BCUT2D eigenvalue weighted by molar-refractivity contribution is 5.85. The molecular weight excluding hydrogens is 170 g/mol. The fourth-order valence-electron chi connectivity index (χ4n) is 0.999. The highest BCUT2D eigenvalue weighted by atomic mass is 16.5. The Morgan fingerprint density at radius 3 is 2.23 bits per heavy atom. The van der Waals surface area contributed by atoms with Gasteiger partial charge in [-0.2, -0.15) is 0 Å². The van der Waals surface area contributed by atoms with Gasteiger partial charge in [-0.3, -0.25) is 4.79 Å². The van der Waals surface area contributed by atoms with Crippen molar-refractivity contribution < 1.29 is 14.3 Å². The van der Waals surface area contributed by atoms with E-state index >= 15 is 0 Å². The van der Waals surface area contributed by atoms with Gasteiger partial charge < -0.3 is 10.1 Å². The SMILES string of the molecule is COC(=O)NC(CC(C)C)C(C)=O. The van der Waals surface area contributed by atoms with Crippen molar-refractivity contribution in [2.24, 2.45) is 5.92 Å². The first-order valence-electron chi connectivity index (χ1n) is 4.32. The molecule has 0 aliphatic carbocycles. The van der Waals surface area contributed by atoms with E-state index < -0.39 is 12.1 Å². The molecule has 0 rings (SSSR count). The molecule has 0 aromatic carbocycles. The van der Waals surface area contributed by atoms with E-state index in [2.05, 4.69) is 10.1 Å². The number of nitrogens with one attached hydrogen (secondary N) is 1. The molecule has 0 bridgehead atoms. The Kier molecular flexibility index (Phi) is 5.11. The third-order valence-corrected chi connectivity index (χ3v) is 1.68. The van der Waals surface area contributed by atoms with Gasteiger partial charge in [0.1, 0.15) is 0 Å². The molecule has 0 spiro atoms. The number of ketones is 1. The number of ether oxygens (including phenoxy) is 1. The van der Waals surface area contributed by atoms with Crippen LogP contribution in [0, 0.1) is 5.92 Å². The summed E-state index contributed by atoms with van der Waals surface area (Å²) < 4.78 is 4.41. The second-order valence-corrected chi connectivity index (χ2v) is 3.43. The molecule has 0 saturated heterocycles. The zero-order valence-electron chi connectivity index (χ0n) is 8.59. The summed E-state index contributed by atoms with van der Waals surface area (Å²) in [6.07, 6.45) is 0.0885. The Hall–Kier alpha value is -1.06. The maximum Gasteiger partial charge on any atom is 0.407 e. The first-order chi connectivity index (χ1) is 5.97. The van der Waals surface area contributed by atoms with Gasteiger partial charge in [0.25, 0.3) is 0 Å². The third-order valence-electron chi connectivity index (χ3n) is 1.68. The summed E-state index contributed by atoms with van der Waals surface area (Å²) in [5.41, 5.74) is 0. The number of carbonyl (C=O) groups excluding carboxylic acids is 2. The quantitative estimate of drug-likeness (QED) is 0.722. The lowest BCUT2D eigenvalue weighted by atomic mass is 10.0. The number of Topliss-reactive ketones (excluding diaryl/α,β-unsaturated/α-hetero) is 1. The minimum absolute atomic E-state index is 0.0425. The average Bonchev–Trinajstić information content (AvgIpc) is 2.02. The summed E-state index contributed by atoms with van der Waals surface area (Å²) >= 11 is 0. The topological polar surface area (TPSA) is 55.4 Å². The summed E-state index contributed by atoms with van der Waals surface area (Å²) in [6.45, 7) is 5.45. The van der Waals surface area contributed by atoms with Crippen LogP contribution in [-0.4, -0.2) is 25.0 Å². The fraction of sp³-hybridized carbons (Fsp3) is 0.778. The van der Waals surface area contributed by atoms with Crippen LogP contribution in [0.25, 0.3) is 0 Å². The largest absolute Gasteiger partial charge is 0.453 e. The minimum Gasteiger partial charge on any atom is -0.453 e. The van der Waals surface area contributed by atoms with E-state index in [0.717, 1.165) is 0 Å². The standard InChI is InChI=1S/C9H17NO3/c1-6(2)5-8(7(3)11)10-9(12)13-4/h6,8H,5H2,1-4H3,(H,10,12). The molecule has 0 aromatic heterocycles. The van der Waals surface area contributed by atoms with Crippen LogP contribution in [0.5, 0.6) is 0 Å². The van der Waals surface area contributed by atoms with Crippen LogP contribution in [0.4, 0.5) is 4.79 Å². The molecule has 0 aromatic rings. The molecule has 0 saturated carbocycles. The molecule has 0 fully saturated rings. The van der Waals surface area contributed by atoms with E-state index in [4.69, 9.17) is 0 Å². The van der Waals surface area contributed by atoms with Crippen molar-refractivity contribution in [1.29, 1.82) is 0 Å². The summed E-state index contributed by atoms with van der Waals surface area (Å²) in [6, 6.07) is -0.424. The van der Waals surface area contributed by atoms with Gasteiger partial charge >= 0.3 is 6.09 Å². The van der Waals surface area contributed by atoms with Crippen molar-refractivity contribution in [2.75, 3.05) is 7.11 Å². The Morgan fingerprint density at radius 1 is 1.38 bits per heavy atom. The summed E-state index contributed by atoms with van der Waals surface area (Å²) in [5.74, 6) is 0.324. The molecule has 1 atom stereocenters. The van der Waals surface area contributed by atoms with Crippen molar-refractivity contribution in [3.8, 4) is 0 Å². The van der Waals surface area contributed by atoms with E-state index in [0.29, 0.717) is 12.3 Å². The van der Waals surface area contributed by atoms with Crippen molar-refractivity contribution in [3.05, 3.63) is 0 Å². The lowest BCUT2D eigenvalue weighted by Gasteiger charge is -2.16. The van der Waals surface area contributed by atoms with Gasteiger partial charge in [-0.15, -0.1) is 0 Å². The van der Waals surface area contributed by atoms with Gasteiger partial charge in [-0.05, 0) is 19.3 Å². The molecular formula is C9H17NO3. The first-order valence-corrected chi connectivity index (χ1v) is 4.32. The van der Waals surface area contributed by atoms with Crippen molar-refractivity contribution in [3.63, 3.8) is 0 Å². The van der Waals surface area contributed by atoms with Crippen LogP contribution in [0.3, 0.4) is 0 Å². The van der Waals surface area contributed by atoms with E-state index in [1.807, 2.05) is 13.8 Å². The van der Waals surface area contributed by atoms with Gasteiger partial charge in [-0.25, -0.2) is 4.79 Å². The Bertz CT molecular complexity index is 189. The highest BCUT2D eigenvalue weighted by Gasteiger charge is 2.18.